The van der Waals surface area contributed by atoms with Crippen LogP contribution >= 0.6 is 0 Å². The third-order valence-electron chi connectivity index (χ3n) is 4.27. The molecule has 1 aliphatic rings. The standard InChI is InChI=1S/C17H27N3O/c1-20(2)12-13-7-9-15(10-8-13)19-17(21)16-6-4-3-5-14(16)11-18/h7-10,14,16H,3-6,11-12,18H2,1-2H3,(H,19,21). The van der Waals surface area contributed by atoms with Gasteiger partial charge in [0.2, 0.25) is 5.91 Å². The summed E-state index contributed by atoms with van der Waals surface area (Å²) in [5.74, 6) is 0.544. The summed E-state index contributed by atoms with van der Waals surface area (Å²) in [5, 5.41) is 3.05. The lowest BCUT2D eigenvalue weighted by atomic mass is 9.78. The van der Waals surface area contributed by atoms with Gasteiger partial charge in [0, 0.05) is 18.2 Å². The number of nitrogens with one attached hydrogen (secondary N) is 1. The van der Waals surface area contributed by atoms with Crippen LogP contribution in [0, 0.1) is 11.8 Å². The first-order chi connectivity index (χ1) is 10.1. The van der Waals surface area contributed by atoms with E-state index in [0.717, 1.165) is 31.5 Å². The van der Waals surface area contributed by atoms with Crippen molar-refractivity contribution in [2.45, 2.75) is 32.2 Å². The third-order valence-corrected chi connectivity index (χ3v) is 4.27. The molecule has 2 rings (SSSR count). The number of amides is 1. The topological polar surface area (TPSA) is 58.4 Å². The zero-order valence-electron chi connectivity index (χ0n) is 13.1. The maximum atomic E-state index is 12.4. The van der Waals surface area contributed by atoms with E-state index in [1.165, 1.54) is 12.0 Å². The Morgan fingerprint density at radius 2 is 1.90 bits per heavy atom. The molecule has 1 saturated carbocycles. The Morgan fingerprint density at radius 3 is 2.52 bits per heavy atom. The molecule has 1 amide bonds. The molecule has 0 aliphatic heterocycles. The Morgan fingerprint density at radius 1 is 1.24 bits per heavy atom. The van der Waals surface area contributed by atoms with Crippen LogP contribution in [0.5, 0.6) is 0 Å². The number of hydrogen-bond acceptors (Lipinski definition) is 3. The van der Waals surface area contributed by atoms with Crippen molar-refractivity contribution in [3.63, 3.8) is 0 Å². The molecular formula is C17H27N3O. The molecule has 1 aliphatic carbocycles. The monoisotopic (exact) mass is 289 g/mol. The van der Waals surface area contributed by atoms with Gasteiger partial charge in [0.1, 0.15) is 0 Å². The summed E-state index contributed by atoms with van der Waals surface area (Å²) >= 11 is 0. The minimum atomic E-state index is 0.0743. The van der Waals surface area contributed by atoms with E-state index >= 15 is 0 Å². The minimum Gasteiger partial charge on any atom is -0.330 e. The number of carbonyl (C=O) groups is 1. The van der Waals surface area contributed by atoms with E-state index in [1.54, 1.807) is 0 Å². The van der Waals surface area contributed by atoms with E-state index in [1.807, 2.05) is 26.2 Å². The average molecular weight is 289 g/mol. The van der Waals surface area contributed by atoms with E-state index in [0.29, 0.717) is 12.5 Å². The second-order valence-corrected chi connectivity index (χ2v) is 6.31. The highest BCUT2D eigenvalue weighted by molar-refractivity contribution is 5.92. The third kappa shape index (κ3) is 4.55. The van der Waals surface area contributed by atoms with Crippen LogP contribution in [0.4, 0.5) is 5.69 Å². The molecule has 1 aromatic rings. The summed E-state index contributed by atoms with van der Waals surface area (Å²) < 4.78 is 0. The molecule has 1 aromatic carbocycles. The molecule has 116 valence electrons. The van der Waals surface area contributed by atoms with Gasteiger partial charge in [-0.3, -0.25) is 4.79 Å². The fourth-order valence-electron chi connectivity index (χ4n) is 3.13. The Balaban J connectivity index is 1.95. The summed E-state index contributed by atoms with van der Waals surface area (Å²) in [6.45, 7) is 1.52. The molecule has 2 unspecified atom stereocenters. The van der Waals surface area contributed by atoms with Gasteiger partial charge in [0.25, 0.3) is 0 Å². The van der Waals surface area contributed by atoms with Crippen LogP contribution in [0.1, 0.15) is 31.2 Å². The highest BCUT2D eigenvalue weighted by Gasteiger charge is 2.29. The zero-order chi connectivity index (χ0) is 15.2. The van der Waals surface area contributed by atoms with Gasteiger partial charge in [-0.2, -0.15) is 0 Å². The first-order valence-corrected chi connectivity index (χ1v) is 7.84. The summed E-state index contributed by atoms with van der Waals surface area (Å²) in [7, 11) is 4.09. The molecule has 0 aromatic heterocycles. The number of rotatable bonds is 5. The maximum absolute atomic E-state index is 12.4. The van der Waals surface area contributed by atoms with E-state index in [-0.39, 0.29) is 11.8 Å². The molecular weight excluding hydrogens is 262 g/mol. The maximum Gasteiger partial charge on any atom is 0.227 e. The lowest BCUT2D eigenvalue weighted by Crippen LogP contribution is -2.35. The van der Waals surface area contributed by atoms with Crippen molar-refractivity contribution in [1.29, 1.82) is 0 Å². The molecule has 0 heterocycles. The van der Waals surface area contributed by atoms with Crippen molar-refractivity contribution in [2.75, 3.05) is 26.0 Å². The SMILES string of the molecule is CN(C)Cc1ccc(NC(=O)C2CCCCC2CN)cc1. The van der Waals surface area contributed by atoms with E-state index < -0.39 is 0 Å². The largest absolute Gasteiger partial charge is 0.330 e. The normalized spacial score (nSPS) is 22.3. The Labute approximate surface area is 127 Å². The highest BCUT2D eigenvalue weighted by Crippen LogP contribution is 2.30. The lowest BCUT2D eigenvalue weighted by molar-refractivity contribution is -0.122. The molecule has 21 heavy (non-hydrogen) atoms. The number of benzene rings is 1. The van der Waals surface area contributed by atoms with Gasteiger partial charge in [-0.15, -0.1) is 0 Å². The number of nitrogens with zero attached hydrogens (tertiary/aromatic N) is 1. The van der Waals surface area contributed by atoms with Gasteiger partial charge in [-0.1, -0.05) is 25.0 Å². The first kappa shape index (κ1) is 16.0. The fourth-order valence-corrected chi connectivity index (χ4v) is 3.13. The zero-order valence-corrected chi connectivity index (χ0v) is 13.1. The van der Waals surface area contributed by atoms with Crippen molar-refractivity contribution >= 4 is 11.6 Å². The van der Waals surface area contributed by atoms with Gasteiger partial charge in [-0.25, -0.2) is 0 Å². The minimum absolute atomic E-state index is 0.0743. The van der Waals surface area contributed by atoms with Gasteiger partial charge >= 0.3 is 0 Å². The summed E-state index contributed by atoms with van der Waals surface area (Å²) in [4.78, 5) is 14.6. The molecule has 0 saturated heterocycles. The second kappa shape index (κ2) is 7.57. The van der Waals surface area contributed by atoms with Crippen LogP contribution in [-0.2, 0) is 11.3 Å². The van der Waals surface area contributed by atoms with Crippen molar-refractivity contribution in [3.05, 3.63) is 29.8 Å². The van der Waals surface area contributed by atoms with Crippen LogP contribution in [0.25, 0.3) is 0 Å². The predicted octanol–water partition coefficient (Wildman–Crippen LogP) is 2.45. The van der Waals surface area contributed by atoms with E-state index in [2.05, 4.69) is 22.3 Å². The van der Waals surface area contributed by atoms with Crippen LogP contribution < -0.4 is 11.1 Å². The molecule has 2 atom stereocenters. The van der Waals surface area contributed by atoms with Gasteiger partial charge < -0.3 is 16.0 Å². The summed E-state index contributed by atoms with van der Waals surface area (Å²) in [6.07, 6.45) is 4.38. The van der Waals surface area contributed by atoms with Crippen molar-refractivity contribution in [1.82, 2.24) is 4.90 Å². The van der Waals surface area contributed by atoms with Crippen LogP contribution in [-0.4, -0.2) is 31.4 Å². The second-order valence-electron chi connectivity index (χ2n) is 6.31. The molecule has 4 nitrogen and oxygen atoms in total. The van der Waals surface area contributed by atoms with Crippen molar-refractivity contribution in [2.24, 2.45) is 17.6 Å². The van der Waals surface area contributed by atoms with Gasteiger partial charge in [0.05, 0.1) is 0 Å². The molecule has 0 bridgehead atoms. The summed E-state index contributed by atoms with van der Waals surface area (Å²) in [5.41, 5.74) is 7.93. The quantitative estimate of drug-likeness (QED) is 0.875. The van der Waals surface area contributed by atoms with Gasteiger partial charge in [-0.05, 0) is 57.1 Å². The van der Waals surface area contributed by atoms with Gasteiger partial charge in [0.15, 0.2) is 0 Å². The first-order valence-electron chi connectivity index (χ1n) is 7.84. The van der Waals surface area contributed by atoms with E-state index in [9.17, 15) is 4.79 Å². The Hall–Kier alpha value is -1.39. The summed E-state index contributed by atoms with van der Waals surface area (Å²) in [6, 6.07) is 8.10. The Kier molecular flexibility index (Phi) is 5.76. The number of hydrogen-bond donors (Lipinski definition) is 2. The van der Waals surface area contributed by atoms with E-state index in [4.69, 9.17) is 5.73 Å². The number of nitrogens with two attached hydrogens (primary N) is 1. The highest BCUT2D eigenvalue weighted by atomic mass is 16.1. The van der Waals surface area contributed by atoms with Crippen molar-refractivity contribution in [3.8, 4) is 0 Å². The predicted molar refractivity (Wildman–Crippen MR) is 87.0 cm³/mol. The average Bonchev–Trinajstić information content (AvgIpc) is 2.48. The van der Waals surface area contributed by atoms with Crippen LogP contribution in [0.15, 0.2) is 24.3 Å². The molecule has 1 fully saturated rings. The molecule has 0 radical (unpaired) electrons. The number of carbonyl (C=O) groups excluding carboxylic acids is 1. The van der Waals surface area contributed by atoms with Crippen molar-refractivity contribution < 1.29 is 4.79 Å². The lowest BCUT2D eigenvalue weighted by Gasteiger charge is -2.29. The molecule has 3 N–H and O–H groups in total. The smallest absolute Gasteiger partial charge is 0.227 e. The molecule has 4 heteroatoms. The number of anilines is 1. The molecule has 0 spiro atoms. The fraction of sp³-hybridized carbons (Fsp3) is 0.588. The van der Waals surface area contributed by atoms with Crippen LogP contribution in [0.2, 0.25) is 0 Å². The Bertz CT molecular complexity index is 456. The van der Waals surface area contributed by atoms with Crippen LogP contribution in [0.3, 0.4) is 0 Å².